The molecule has 0 unspecified atom stereocenters. The molecule has 188 valence electrons. The van der Waals surface area contributed by atoms with E-state index in [0.29, 0.717) is 40.3 Å². The van der Waals surface area contributed by atoms with E-state index in [9.17, 15) is 22.4 Å². The maximum absolute atomic E-state index is 13.4. The van der Waals surface area contributed by atoms with Gasteiger partial charge in [-0.25, -0.2) is 9.18 Å². The molecule has 0 N–H and O–H groups in total. The SMILES string of the molecule is COC(=O)c1cc(C2=C(c3cc(Cl)ccc3OCc3ccc(F)cc3Cl)CCC2)cnc1C(F)(F)F. The highest BCUT2D eigenvalue weighted by molar-refractivity contribution is 6.31. The summed E-state index contributed by atoms with van der Waals surface area (Å²) < 4.78 is 64.2. The van der Waals surface area contributed by atoms with Gasteiger partial charge < -0.3 is 9.47 Å². The fourth-order valence-electron chi connectivity index (χ4n) is 4.14. The molecule has 0 amide bonds. The van der Waals surface area contributed by atoms with Crippen molar-refractivity contribution in [3.05, 3.63) is 92.5 Å². The Morgan fingerprint density at radius 1 is 1.06 bits per heavy atom. The lowest BCUT2D eigenvalue weighted by Gasteiger charge is -2.16. The highest BCUT2D eigenvalue weighted by atomic mass is 35.5. The molecule has 1 heterocycles. The van der Waals surface area contributed by atoms with Crippen molar-refractivity contribution in [3.63, 3.8) is 0 Å². The Bertz CT molecular complexity index is 1360. The Morgan fingerprint density at radius 2 is 1.81 bits per heavy atom. The molecule has 1 aliphatic rings. The third-order valence-electron chi connectivity index (χ3n) is 5.79. The summed E-state index contributed by atoms with van der Waals surface area (Å²) in [4.78, 5) is 15.7. The van der Waals surface area contributed by atoms with Crippen LogP contribution in [0, 0.1) is 5.82 Å². The number of nitrogens with zero attached hydrogens (tertiary/aromatic N) is 1. The van der Waals surface area contributed by atoms with Crippen LogP contribution >= 0.6 is 23.2 Å². The van der Waals surface area contributed by atoms with Crippen molar-refractivity contribution in [3.8, 4) is 5.75 Å². The van der Waals surface area contributed by atoms with Crippen molar-refractivity contribution in [2.75, 3.05) is 7.11 Å². The number of carbonyl (C=O) groups is 1. The molecule has 0 saturated heterocycles. The van der Waals surface area contributed by atoms with E-state index in [0.717, 1.165) is 36.9 Å². The molecule has 4 nitrogen and oxygen atoms in total. The minimum atomic E-state index is -4.81. The van der Waals surface area contributed by atoms with Crippen LogP contribution < -0.4 is 4.74 Å². The summed E-state index contributed by atoms with van der Waals surface area (Å²) in [5.74, 6) is -1.12. The van der Waals surface area contributed by atoms with Crippen molar-refractivity contribution >= 4 is 40.3 Å². The second kappa shape index (κ2) is 10.5. The van der Waals surface area contributed by atoms with E-state index in [-0.39, 0.29) is 11.6 Å². The van der Waals surface area contributed by atoms with E-state index in [2.05, 4.69) is 9.72 Å². The fraction of sp³-hybridized carbons (Fsp3) is 0.231. The lowest BCUT2D eigenvalue weighted by Crippen LogP contribution is -2.17. The maximum Gasteiger partial charge on any atom is 0.434 e. The number of alkyl halides is 3. The summed E-state index contributed by atoms with van der Waals surface area (Å²) >= 11 is 12.4. The first-order valence-electron chi connectivity index (χ1n) is 10.8. The highest BCUT2D eigenvalue weighted by Crippen LogP contribution is 2.44. The molecule has 2 aromatic carbocycles. The predicted molar refractivity (Wildman–Crippen MR) is 128 cm³/mol. The number of methoxy groups -OCH3 is 1. The Balaban J connectivity index is 1.76. The van der Waals surface area contributed by atoms with E-state index < -0.39 is 29.2 Å². The van der Waals surface area contributed by atoms with Crippen molar-refractivity contribution in [1.29, 1.82) is 0 Å². The number of hydrogen-bond donors (Lipinski definition) is 0. The largest absolute Gasteiger partial charge is 0.488 e. The Hall–Kier alpha value is -3.10. The standard InChI is InChI=1S/C26H19Cl2F4NO3/c1-35-25(34)21-9-15(12-33-24(21)26(30,31)32)18-3-2-4-19(18)20-10-16(27)6-8-23(20)36-13-14-5-7-17(29)11-22(14)28/h5-12H,2-4,13H2,1H3. The summed E-state index contributed by atoms with van der Waals surface area (Å²) in [5.41, 5.74) is 1.20. The number of aromatic nitrogens is 1. The maximum atomic E-state index is 13.4. The molecule has 0 radical (unpaired) electrons. The molecule has 1 aromatic heterocycles. The normalized spacial score (nSPS) is 13.8. The number of rotatable bonds is 6. The minimum absolute atomic E-state index is 0.0602. The first kappa shape index (κ1) is 26.0. The number of halogens is 6. The van der Waals surface area contributed by atoms with Crippen molar-refractivity contribution < 1.29 is 31.8 Å². The zero-order valence-corrected chi connectivity index (χ0v) is 20.4. The summed E-state index contributed by atoms with van der Waals surface area (Å²) in [6.07, 6.45) is -1.81. The van der Waals surface area contributed by atoms with E-state index >= 15 is 0 Å². The minimum Gasteiger partial charge on any atom is -0.488 e. The Morgan fingerprint density at radius 3 is 2.50 bits per heavy atom. The monoisotopic (exact) mass is 539 g/mol. The van der Waals surface area contributed by atoms with Crippen LogP contribution in [-0.4, -0.2) is 18.1 Å². The molecular formula is C26H19Cl2F4NO3. The van der Waals surface area contributed by atoms with Gasteiger partial charge in [-0.3, -0.25) is 4.98 Å². The van der Waals surface area contributed by atoms with Crippen LogP contribution in [0.3, 0.4) is 0 Å². The molecule has 0 aliphatic heterocycles. The number of carbonyl (C=O) groups excluding carboxylic acids is 1. The molecule has 10 heteroatoms. The third-order valence-corrected chi connectivity index (χ3v) is 6.38. The number of pyridine rings is 1. The molecule has 4 rings (SSSR count). The Labute approximate surface area is 214 Å². The van der Waals surface area contributed by atoms with Gasteiger partial charge in [0.05, 0.1) is 17.7 Å². The van der Waals surface area contributed by atoms with Crippen molar-refractivity contribution in [1.82, 2.24) is 4.98 Å². The molecule has 0 saturated carbocycles. The van der Waals surface area contributed by atoms with Crippen LogP contribution in [0.5, 0.6) is 5.75 Å². The van der Waals surface area contributed by atoms with Gasteiger partial charge in [-0.1, -0.05) is 29.3 Å². The number of ether oxygens (including phenoxy) is 2. The van der Waals surface area contributed by atoms with E-state index in [1.54, 1.807) is 18.2 Å². The van der Waals surface area contributed by atoms with Gasteiger partial charge in [0.2, 0.25) is 0 Å². The summed E-state index contributed by atoms with van der Waals surface area (Å²) in [5, 5.41) is 0.661. The van der Waals surface area contributed by atoms with Crippen LogP contribution in [0.4, 0.5) is 17.6 Å². The summed E-state index contributed by atoms with van der Waals surface area (Å²) in [7, 11) is 1.01. The third kappa shape index (κ3) is 5.50. The van der Waals surface area contributed by atoms with Gasteiger partial charge in [-0.15, -0.1) is 0 Å². The van der Waals surface area contributed by atoms with Crippen molar-refractivity contribution in [2.45, 2.75) is 32.0 Å². The van der Waals surface area contributed by atoms with E-state index in [4.69, 9.17) is 27.9 Å². The first-order valence-corrected chi connectivity index (χ1v) is 11.6. The lowest BCUT2D eigenvalue weighted by molar-refractivity contribution is -0.141. The highest BCUT2D eigenvalue weighted by Gasteiger charge is 2.38. The molecule has 0 bridgehead atoms. The molecule has 0 fully saturated rings. The average Bonchev–Trinajstić information content (AvgIpc) is 3.32. The van der Waals surface area contributed by atoms with Crippen molar-refractivity contribution in [2.24, 2.45) is 0 Å². The van der Waals surface area contributed by atoms with Crippen LogP contribution in [0.2, 0.25) is 10.0 Å². The molecule has 3 aromatic rings. The zero-order chi connectivity index (χ0) is 26.0. The van der Waals surface area contributed by atoms with Gasteiger partial charge >= 0.3 is 12.1 Å². The Kier molecular flexibility index (Phi) is 7.57. The van der Waals surface area contributed by atoms with E-state index in [1.165, 1.54) is 18.2 Å². The van der Waals surface area contributed by atoms with Gasteiger partial charge in [-0.05, 0) is 72.4 Å². The fourth-order valence-corrected chi connectivity index (χ4v) is 4.53. The second-order valence-corrected chi connectivity index (χ2v) is 8.93. The van der Waals surface area contributed by atoms with Gasteiger partial charge in [0, 0.05) is 22.3 Å². The van der Waals surface area contributed by atoms with Crippen LogP contribution in [0.25, 0.3) is 11.1 Å². The summed E-state index contributed by atoms with van der Waals surface area (Å²) in [6.45, 7) is 0.0602. The van der Waals surface area contributed by atoms with Crippen LogP contribution in [0.1, 0.15) is 52.0 Å². The smallest absolute Gasteiger partial charge is 0.434 e. The van der Waals surface area contributed by atoms with Crippen LogP contribution in [-0.2, 0) is 17.5 Å². The molecule has 36 heavy (non-hydrogen) atoms. The predicted octanol–water partition coefficient (Wildman–Crippen LogP) is 8.01. The van der Waals surface area contributed by atoms with Crippen LogP contribution in [0.15, 0.2) is 48.7 Å². The van der Waals surface area contributed by atoms with Gasteiger partial charge in [0.15, 0.2) is 5.69 Å². The second-order valence-electron chi connectivity index (χ2n) is 8.09. The zero-order valence-electron chi connectivity index (χ0n) is 18.9. The number of hydrogen-bond acceptors (Lipinski definition) is 4. The quantitative estimate of drug-likeness (QED) is 0.235. The number of benzene rings is 2. The summed E-state index contributed by atoms with van der Waals surface area (Å²) in [6, 6.07) is 10.2. The molecule has 1 aliphatic carbocycles. The number of esters is 1. The van der Waals surface area contributed by atoms with Gasteiger partial charge in [0.25, 0.3) is 0 Å². The molecular weight excluding hydrogens is 521 g/mol. The lowest BCUT2D eigenvalue weighted by atomic mass is 9.96. The van der Waals surface area contributed by atoms with Gasteiger partial charge in [0.1, 0.15) is 18.2 Å². The first-order chi connectivity index (χ1) is 17.1. The average molecular weight is 540 g/mol. The molecule has 0 atom stereocenters. The van der Waals surface area contributed by atoms with E-state index in [1.807, 2.05) is 0 Å². The molecule has 0 spiro atoms. The van der Waals surface area contributed by atoms with Gasteiger partial charge in [-0.2, -0.15) is 13.2 Å². The topological polar surface area (TPSA) is 48.4 Å². The number of allylic oxidation sites excluding steroid dienone is 2.